The summed E-state index contributed by atoms with van der Waals surface area (Å²) in [6, 6.07) is 5.27. The molecule has 1 aliphatic heterocycles. The summed E-state index contributed by atoms with van der Waals surface area (Å²) in [4.78, 5) is 0. The van der Waals surface area contributed by atoms with Crippen LogP contribution in [-0.2, 0) is 4.74 Å². The number of halogens is 2. The quantitative estimate of drug-likeness (QED) is 0.888. The Hall–Kier alpha value is -0.280. The van der Waals surface area contributed by atoms with E-state index in [2.05, 4.69) is 6.92 Å². The maximum absolute atomic E-state index is 10.5. The third kappa shape index (κ3) is 2.53. The lowest BCUT2D eigenvalue weighted by Gasteiger charge is -2.25. The molecule has 100 valence electrons. The minimum absolute atomic E-state index is 0.0412. The molecule has 5 atom stereocenters. The van der Waals surface area contributed by atoms with Crippen molar-refractivity contribution in [3.05, 3.63) is 33.8 Å². The molecule has 4 heteroatoms. The lowest BCUT2D eigenvalue weighted by Crippen LogP contribution is -2.24. The average Bonchev–Trinajstić information content (AvgIpc) is 2.56. The van der Waals surface area contributed by atoms with Gasteiger partial charge < -0.3 is 9.84 Å². The highest BCUT2D eigenvalue weighted by molar-refractivity contribution is 6.42. The topological polar surface area (TPSA) is 29.5 Å². The molecule has 1 heterocycles. The van der Waals surface area contributed by atoms with Gasteiger partial charge in [0.2, 0.25) is 0 Å². The predicted octanol–water partition coefficient (Wildman–Crippen LogP) is 4.09. The van der Waals surface area contributed by atoms with Crippen molar-refractivity contribution in [3.8, 4) is 0 Å². The average molecular weight is 289 g/mol. The number of aliphatic hydroxyl groups is 1. The van der Waals surface area contributed by atoms with E-state index in [4.69, 9.17) is 27.9 Å². The first kappa shape index (κ1) is 14.1. The molecule has 1 aromatic rings. The van der Waals surface area contributed by atoms with Crippen molar-refractivity contribution < 1.29 is 9.84 Å². The molecule has 18 heavy (non-hydrogen) atoms. The second-order valence-corrected chi connectivity index (χ2v) is 5.92. The van der Waals surface area contributed by atoms with Gasteiger partial charge in [-0.25, -0.2) is 0 Å². The van der Waals surface area contributed by atoms with Crippen LogP contribution in [0.3, 0.4) is 0 Å². The van der Waals surface area contributed by atoms with Crippen LogP contribution in [-0.4, -0.2) is 17.3 Å². The molecule has 0 amide bonds. The lowest BCUT2D eigenvalue weighted by molar-refractivity contribution is 0.0231. The monoisotopic (exact) mass is 288 g/mol. The van der Waals surface area contributed by atoms with E-state index < -0.39 is 6.10 Å². The molecule has 1 aromatic carbocycles. The molecule has 0 bridgehead atoms. The minimum Gasteiger partial charge on any atom is -0.388 e. The number of ether oxygens (including phenoxy) is 1. The molecule has 0 aliphatic carbocycles. The fourth-order valence-corrected chi connectivity index (χ4v) is 3.06. The maximum atomic E-state index is 10.5. The summed E-state index contributed by atoms with van der Waals surface area (Å²) >= 11 is 11.9. The standard InChI is InChI=1S/C14H18Cl2O2/c1-7-8(2)18-9(3)13(7)14(17)10-4-5-11(15)12(16)6-10/h4-9,13-14,17H,1-3H3. The summed E-state index contributed by atoms with van der Waals surface area (Å²) in [7, 11) is 0. The van der Waals surface area contributed by atoms with Gasteiger partial charge in [0.05, 0.1) is 28.4 Å². The van der Waals surface area contributed by atoms with Crippen LogP contribution in [0.15, 0.2) is 18.2 Å². The highest BCUT2D eigenvalue weighted by atomic mass is 35.5. The number of rotatable bonds is 2. The van der Waals surface area contributed by atoms with Crippen LogP contribution in [0.4, 0.5) is 0 Å². The number of hydrogen-bond donors (Lipinski definition) is 1. The summed E-state index contributed by atoms with van der Waals surface area (Å²) in [5.74, 6) is 0.390. The van der Waals surface area contributed by atoms with Crippen LogP contribution in [0.25, 0.3) is 0 Å². The van der Waals surface area contributed by atoms with E-state index in [0.29, 0.717) is 16.0 Å². The normalized spacial score (nSPS) is 33.7. The number of hydrogen-bond acceptors (Lipinski definition) is 2. The van der Waals surface area contributed by atoms with Crippen molar-refractivity contribution in [1.29, 1.82) is 0 Å². The van der Waals surface area contributed by atoms with Crippen molar-refractivity contribution in [1.82, 2.24) is 0 Å². The summed E-state index contributed by atoms with van der Waals surface area (Å²) in [5, 5.41) is 11.5. The Balaban J connectivity index is 2.25. The van der Waals surface area contributed by atoms with Gasteiger partial charge >= 0.3 is 0 Å². The van der Waals surface area contributed by atoms with Crippen LogP contribution < -0.4 is 0 Å². The molecule has 1 fully saturated rings. The molecule has 5 unspecified atom stereocenters. The molecule has 0 spiro atoms. The summed E-state index contributed by atoms with van der Waals surface area (Å²) in [5.41, 5.74) is 0.797. The van der Waals surface area contributed by atoms with Crippen molar-refractivity contribution >= 4 is 23.2 Å². The zero-order chi connectivity index (χ0) is 13.4. The van der Waals surface area contributed by atoms with Crippen molar-refractivity contribution in [3.63, 3.8) is 0 Å². The minimum atomic E-state index is -0.574. The third-order valence-electron chi connectivity index (χ3n) is 3.97. The molecule has 1 aliphatic rings. The highest BCUT2D eigenvalue weighted by Gasteiger charge is 2.41. The second-order valence-electron chi connectivity index (χ2n) is 5.10. The molecule has 0 saturated carbocycles. The number of aliphatic hydroxyl groups excluding tert-OH is 1. The molecule has 2 nitrogen and oxygen atoms in total. The van der Waals surface area contributed by atoms with E-state index in [9.17, 15) is 5.11 Å². The Kier molecular flexibility index (Phi) is 4.22. The van der Waals surface area contributed by atoms with E-state index in [0.717, 1.165) is 5.56 Å². The SMILES string of the molecule is CC1OC(C)C(C(O)c2ccc(Cl)c(Cl)c2)C1C. The van der Waals surface area contributed by atoms with Crippen molar-refractivity contribution in [2.24, 2.45) is 11.8 Å². The molecule has 0 aromatic heterocycles. The van der Waals surface area contributed by atoms with Gasteiger partial charge in [0.15, 0.2) is 0 Å². The van der Waals surface area contributed by atoms with E-state index in [1.54, 1.807) is 12.1 Å². The number of benzene rings is 1. The second kappa shape index (κ2) is 5.38. The van der Waals surface area contributed by atoms with Crippen LogP contribution >= 0.6 is 23.2 Å². The Morgan fingerprint density at radius 2 is 1.78 bits per heavy atom. The summed E-state index contributed by atoms with van der Waals surface area (Å²) in [6.45, 7) is 6.16. The van der Waals surface area contributed by atoms with E-state index in [-0.39, 0.29) is 18.1 Å². The van der Waals surface area contributed by atoms with Gasteiger partial charge in [0.1, 0.15) is 0 Å². The molecule has 1 N–H and O–H groups in total. The van der Waals surface area contributed by atoms with Gasteiger partial charge in [-0.05, 0) is 37.5 Å². The Bertz CT molecular complexity index is 436. The van der Waals surface area contributed by atoms with Crippen LogP contribution in [0.5, 0.6) is 0 Å². The van der Waals surface area contributed by atoms with Crippen molar-refractivity contribution in [2.45, 2.75) is 39.1 Å². The van der Waals surface area contributed by atoms with E-state index in [1.807, 2.05) is 19.9 Å². The predicted molar refractivity (Wildman–Crippen MR) is 74.1 cm³/mol. The molecular weight excluding hydrogens is 271 g/mol. The van der Waals surface area contributed by atoms with Crippen LogP contribution in [0, 0.1) is 11.8 Å². The van der Waals surface area contributed by atoms with E-state index in [1.165, 1.54) is 0 Å². The van der Waals surface area contributed by atoms with Gasteiger partial charge in [-0.15, -0.1) is 0 Å². The molecular formula is C14H18Cl2O2. The zero-order valence-electron chi connectivity index (χ0n) is 10.7. The Morgan fingerprint density at radius 3 is 2.28 bits per heavy atom. The van der Waals surface area contributed by atoms with Gasteiger partial charge in [-0.2, -0.15) is 0 Å². The van der Waals surface area contributed by atoms with Crippen LogP contribution in [0.2, 0.25) is 10.0 Å². The third-order valence-corrected chi connectivity index (χ3v) is 4.71. The summed E-state index contributed by atoms with van der Waals surface area (Å²) in [6.07, 6.45) is -0.364. The Labute approximate surface area is 118 Å². The first-order valence-electron chi connectivity index (χ1n) is 6.20. The smallest absolute Gasteiger partial charge is 0.0846 e. The fourth-order valence-electron chi connectivity index (χ4n) is 2.76. The fraction of sp³-hybridized carbons (Fsp3) is 0.571. The van der Waals surface area contributed by atoms with Gasteiger partial charge in [0, 0.05) is 5.92 Å². The molecule has 2 rings (SSSR count). The maximum Gasteiger partial charge on any atom is 0.0846 e. The van der Waals surface area contributed by atoms with Gasteiger partial charge in [-0.3, -0.25) is 0 Å². The molecule has 1 saturated heterocycles. The van der Waals surface area contributed by atoms with Gasteiger partial charge in [-0.1, -0.05) is 36.2 Å². The molecule has 0 radical (unpaired) electrons. The largest absolute Gasteiger partial charge is 0.388 e. The van der Waals surface area contributed by atoms with Crippen molar-refractivity contribution in [2.75, 3.05) is 0 Å². The first-order chi connectivity index (χ1) is 8.41. The van der Waals surface area contributed by atoms with Gasteiger partial charge in [0.25, 0.3) is 0 Å². The summed E-state index contributed by atoms with van der Waals surface area (Å²) < 4.78 is 5.76. The first-order valence-corrected chi connectivity index (χ1v) is 6.96. The van der Waals surface area contributed by atoms with Crippen LogP contribution in [0.1, 0.15) is 32.4 Å². The lowest BCUT2D eigenvalue weighted by atomic mass is 9.82. The van der Waals surface area contributed by atoms with E-state index >= 15 is 0 Å². The zero-order valence-corrected chi connectivity index (χ0v) is 12.2. The Morgan fingerprint density at radius 1 is 1.11 bits per heavy atom. The highest BCUT2D eigenvalue weighted by Crippen LogP contribution is 2.41.